The number of carbonyl (C=O) groups excluding carboxylic acids is 2. The van der Waals surface area contributed by atoms with Crippen LogP contribution >= 0.6 is 11.3 Å². The molecule has 0 saturated heterocycles. The molecule has 1 fully saturated rings. The van der Waals surface area contributed by atoms with Crippen LogP contribution in [0.4, 0.5) is 0 Å². The summed E-state index contributed by atoms with van der Waals surface area (Å²) in [6.45, 7) is 6.37. The molecule has 1 aromatic carbocycles. The smallest absolute Gasteiger partial charge is 0.306 e. The quantitative estimate of drug-likeness (QED) is 0.205. The van der Waals surface area contributed by atoms with Crippen LogP contribution in [0.15, 0.2) is 64.1 Å². The molecule has 3 aromatic rings. The summed E-state index contributed by atoms with van der Waals surface area (Å²) in [4.78, 5) is 30.1. The maximum Gasteiger partial charge on any atom is 0.306 e. The van der Waals surface area contributed by atoms with Crippen LogP contribution in [0.3, 0.4) is 0 Å². The number of aromatic nitrogens is 1. The van der Waals surface area contributed by atoms with Gasteiger partial charge in [0.05, 0.1) is 36.3 Å². The van der Waals surface area contributed by atoms with E-state index in [9.17, 15) is 9.59 Å². The number of allylic oxidation sites excluding steroid dienone is 2. The largest absolute Gasteiger partial charge is 0.466 e. The maximum atomic E-state index is 11.9. The first-order valence-electron chi connectivity index (χ1n) is 13.3. The second-order valence-electron chi connectivity index (χ2n) is 9.81. The zero-order valence-corrected chi connectivity index (χ0v) is 22.9. The third kappa shape index (κ3) is 5.89. The van der Waals surface area contributed by atoms with Gasteiger partial charge in [-0.05, 0) is 86.9 Å². The molecule has 1 saturated carbocycles. The molecule has 0 radical (unpaired) electrons. The first kappa shape index (κ1) is 26.3. The number of ketones is 1. The summed E-state index contributed by atoms with van der Waals surface area (Å²) in [6.07, 6.45) is 8.49. The molecular formula is C31H33NO5S. The Hall–Kier alpha value is -3.29. The average molecular weight is 532 g/mol. The van der Waals surface area contributed by atoms with E-state index in [0.717, 1.165) is 51.6 Å². The third-order valence-corrected chi connectivity index (χ3v) is 8.42. The van der Waals surface area contributed by atoms with Gasteiger partial charge < -0.3 is 13.9 Å². The highest BCUT2D eigenvalue weighted by molar-refractivity contribution is 7.17. The van der Waals surface area contributed by atoms with Crippen LogP contribution in [0, 0.1) is 12.8 Å². The number of carbonyl (C=O) groups is 2. The van der Waals surface area contributed by atoms with Gasteiger partial charge in [-0.25, -0.2) is 4.98 Å². The Morgan fingerprint density at radius 2 is 1.92 bits per heavy atom. The number of ether oxygens (including phenoxy) is 2. The highest BCUT2D eigenvalue weighted by Crippen LogP contribution is 2.41. The molecule has 5 rings (SSSR count). The van der Waals surface area contributed by atoms with Gasteiger partial charge in [-0.15, -0.1) is 11.3 Å². The minimum atomic E-state index is -0.109. The first-order valence-corrected chi connectivity index (χ1v) is 14.1. The van der Waals surface area contributed by atoms with Gasteiger partial charge in [0, 0.05) is 16.9 Å². The fourth-order valence-electron chi connectivity index (χ4n) is 5.20. The van der Waals surface area contributed by atoms with Crippen LogP contribution in [0.25, 0.3) is 21.9 Å². The second-order valence-corrected chi connectivity index (χ2v) is 10.9. The van der Waals surface area contributed by atoms with Crippen LogP contribution in [-0.4, -0.2) is 36.1 Å². The predicted molar refractivity (Wildman–Crippen MR) is 148 cm³/mol. The molecule has 0 amide bonds. The summed E-state index contributed by atoms with van der Waals surface area (Å²) in [7, 11) is 0. The monoisotopic (exact) mass is 531 g/mol. The molecule has 38 heavy (non-hydrogen) atoms. The van der Waals surface area contributed by atoms with Crippen molar-refractivity contribution in [3.63, 3.8) is 0 Å². The summed E-state index contributed by atoms with van der Waals surface area (Å²) in [5.41, 5.74) is 5.51. The van der Waals surface area contributed by atoms with E-state index >= 15 is 0 Å². The summed E-state index contributed by atoms with van der Waals surface area (Å²) < 4.78 is 17.3. The van der Waals surface area contributed by atoms with E-state index in [0.29, 0.717) is 31.9 Å². The van der Waals surface area contributed by atoms with Crippen molar-refractivity contribution in [1.82, 2.24) is 4.98 Å². The Bertz CT molecular complexity index is 1380. The Morgan fingerprint density at radius 3 is 2.66 bits per heavy atom. The van der Waals surface area contributed by atoms with Gasteiger partial charge >= 0.3 is 5.97 Å². The number of benzene rings is 1. The number of oxazole rings is 1. The number of aryl methyl sites for hydroxylation is 1. The normalized spacial score (nSPS) is 18.6. The van der Waals surface area contributed by atoms with Crippen LogP contribution in [0.1, 0.15) is 60.7 Å². The number of esters is 1. The number of thiophene rings is 1. The first-order chi connectivity index (χ1) is 18.4. The lowest BCUT2D eigenvalue weighted by molar-refractivity contribution is -0.143. The van der Waals surface area contributed by atoms with Crippen molar-refractivity contribution in [2.45, 2.75) is 59.0 Å². The Morgan fingerprint density at radius 1 is 1.13 bits per heavy atom. The van der Waals surface area contributed by atoms with Gasteiger partial charge in [0.25, 0.3) is 0 Å². The van der Waals surface area contributed by atoms with Crippen molar-refractivity contribution in [2.75, 3.05) is 13.2 Å². The van der Waals surface area contributed by atoms with Crippen LogP contribution in [0.2, 0.25) is 0 Å². The average Bonchev–Trinajstić information content (AvgIpc) is 3.64. The van der Waals surface area contributed by atoms with E-state index in [-0.39, 0.29) is 23.8 Å². The van der Waals surface area contributed by atoms with Gasteiger partial charge in [0.15, 0.2) is 5.78 Å². The number of rotatable bonds is 10. The molecule has 2 aromatic heterocycles. The van der Waals surface area contributed by atoms with Gasteiger partial charge in [0.1, 0.15) is 5.76 Å². The fraction of sp³-hybridized carbons (Fsp3) is 0.387. The molecule has 7 heteroatoms. The highest BCUT2D eigenvalue weighted by Gasteiger charge is 2.30. The van der Waals surface area contributed by atoms with Gasteiger partial charge in [-0.1, -0.05) is 24.3 Å². The lowest BCUT2D eigenvalue weighted by atomic mass is 9.92. The SMILES string of the molecule is CCOC(=O)C[C@@H]1CCC2=CC(OCCc3nc(-c4ccc(-c5ccc(C(C)=O)s5)cc4)oc3C)CC=C21. The minimum absolute atomic E-state index is 0.0510. The maximum absolute atomic E-state index is 11.9. The molecule has 0 bridgehead atoms. The van der Waals surface area contributed by atoms with Crippen molar-refractivity contribution >= 4 is 23.1 Å². The fourth-order valence-corrected chi connectivity index (χ4v) is 6.11. The number of fused-ring (bicyclic) bond motifs is 1. The van der Waals surface area contributed by atoms with E-state index in [1.54, 1.807) is 6.92 Å². The molecule has 2 atom stereocenters. The number of nitrogens with zero attached hydrogens (tertiary/aromatic N) is 1. The minimum Gasteiger partial charge on any atom is -0.466 e. The third-order valence-electron chi connectivity index (χ3n) is 7.18. The second kappa shape index (κ2) is 11.6. The van der Waals surface area contributed by atoms with Crippen molar-refractivity contribution < 1.29 is 23.5 Å². The van der Waals surface area contributed by atoms with Crippen molar-refractivity contribution in [1.29, 1.82) is 0 Å². The van der Waals surface area contributed by atoms with Crippen molar-refractivity contribution in [3.8, 4) is 21.9 Å². The van der Waals surface area contributed by atoms with Crippen molar-refractivity contribution in [3.05, 3.63) is 76.0 Å². The summed E-state index contributed by atoms with van der Waals surface area (Å²) in [6, 6.07) is 11.9. The highest BCUT2D eigenvalue weighted by atomic mass is 32.1. The Labute approximate surface area is 227 Å². The molecule has 198 valence electrons. The molecule has 0 N–H and O–H groups in total. The standard InChI is InChI=1S/C31H33NO5S/c1-4-35-30(34)18-24-10-9-23-17-25(11-12-26(23)24)36-16-15-27-20(3)37-31(32-27)22-7-5-21(6-8-22)29-14-13-28(38-29)19(2)33/h5-8,12-14,17,24-25H,4,9-11,15-16,18H2,1-3H3/t24-,25?/m0/s1. The number of Topliss-reactive ketones (excluding diaryl/α,β-unsaturated/α-hetero) is 1. The summed E-state index contributed by atoms with van der Waals surface area (Å²) in [5.74, 6) is 1.66. The van der Waals surface area contributed by atoms with Gasteiger partial charge in [-0.2, -0.15) is 0 Å². The van der Waals surface area contributed by atoms with Crippen LogP contribution < -0.4 is 0 Å². The summed E-state index contributed by atoms with van der Waals surface area (Å²) >= 11 is 1.50. The van der Waals surface area contributed by atoms with E-state index in [4.69, 9.17) is 18.9 Å². The molecule has 6 nitrogen and oxygen atoms in total. The Kier molecular flexibility index (Phi) is 8.05. The molecule has 0 aliphatic heterocycles. The zero-order valence-electron chi connectivity index (χ0n) is 22.1. The topological polar surface area (TPSA) is 78.6 Å². The number of hydrogen-bond acceptors (Lipinski definition) is 7. The van der Waals surface area contributed by atoms with E-state index in [2.05, 4.69) is 12.2 Å². The van der Waals surface area contributed by atoms with E-state index in [1.165, 1.54) is 22.5 Å². The van der Waals surface area contributed by atoms with Crippen LogP contribution in [-0.2, 0) is 20.7 Å². The lowest BCUT2D eigenvalue weighted by Crippen LogP contribution is -2.17. The molecule has 2 aliphatic rings. The molecule has 2 aliphatic carbocycles. The lowest BCUT2D eigenvalue weighted by Gasteiger charge is -2.21. The van der Waals surface area contributed by atoms with Gasteiger partial charge in [0.2, 0.25) is 5.89 Å². The Balaban J connectivity index is 1.15. The van der Waals surface area contributed by atoms with Crippen molar-refractivity contribution in [2.24, 2.45) is 5.92 Å². The number of hydrogen-bond donors (Lipinski definition) is 0. The van der Waals surface area contributed by atoms with Crippen LogP contribution in [0.5, 0.6) is 0 Å². The molecular weight excluding hydrogens is 498 g/mol. The van der Waals surface area contributed by atoms with Gasteiger partial charge in [-0.3, -0.25) is 9.59 Å². The zero-order chi connectivity index (χ0) is 26.6. The van der Waals surface area contributed by atoms with E-state index in [1.807, 2.05) is 50.2 Å². The predicted octanol–water partition coefficient (Wildman–Crippen LogP) is 7.13. The van der Waals surface area contributed by atoms with E-state index < -0.39 is 0 Å². The molecule has 0 spiro atoms. The molecule has 2 heterocycles. The summed E-state index contributed by atoms with van der Waals surface area (Å²) in [5, 5.41) is 0. The molecule has 1 unspecified atom stereocenters.